The largest absolute Gasteiger partial charge is 0.311 e. The molecule has 258 valence electrons. The Morgan fingerprint density at radius 1 is 0.327 bits per heavy atom. The molecule has 9 aromatic carbocycles. The molecule has 0 bridgehead atoms. The molecule has 0 N–H and O–H groups in total. The highest BCUT2D eigenvalue weighted by Crippen LogP contribution is 2.40. The van der Waals surface area contributed by atoms with Crippen molar-refractivity contribution >= 4 is 81.1 Å². The zero-order valence-electron chi connectivity index (χ0n) is 29.9. The van der Waals surface area contributed by atoms with E-state index in [0.717, 1.165) is 17.1 Å². The number of hydrogen-bond acceptors (Lipinski definition) is 2. The molecule has 0 atom stereocenters. The first kappa shape index (κ1) is 31.6. The van der Waals surface area contributed by atoms with Gasteiger partial charge in [-0.15, -0.1) is 11.3 Å². The molecule has 0 unspecified atom stereocenters. The van der Waals surface area contributed by atoms with Gasteiger partial charge in [-0.3, -0.25) is 0 Å². The lowest BCUT2D eigenvalue weighted by molar-refractivity contribution is 1.19. The number of hydrogen-bond donors (Lipinski definition) is 0. The summed E-state index contributed by atoms with van der Waals surface area (Å²) < 4.78 is 5.06. The molecule has 0 saturated carbocycles. The highest BCUT2D eigenvalue weighted by Gasteiger charge is 2.16. The number of para-hydroxylation sites is 2. The highest BCUT2D eigenvalue weighted by atomic mass is 32.1. The van der Waals surface area contributed by atoms with Gasteiger partial charge in [0.2, 0.25) is 0 Å². The molecule has 2 nitrogen and oxygen atoms in total. The molecule has 0 amide bonds. The number of anilines is 3. The molecule has 11 rings (SSSR count). The average molecular weight is 719 g/mol. The van der Waals surface area contributed by atoms with E-state index in [2.05, 4.69) is 216 Å². The standard InChI is InChI=1S/C52H34N2S/c1-2-12-41(13-3-1)53(43-27-20-37(21-28-43)40-24-31-52-48(34-40)46-15-7-9-17-51(46)55-52)42-25-18-36(19-26-42)39-23-30-50-47(33-39)45-14-6-8-16-49(45)54(50)44-29-22-35-10-4-5-11-38(35)32-44/h1-34H. The van der Waals surface area contributed by atoms with Crippen LogP contribution in [-0.4, -0.2) is 4.57 Å². The van der Waals surface area contributed by atoms with Gasteiger partial charge in [-0.25, -0.2) is 0 Å². The topological polar surface area (TPSA) is 8.17 Å². The molecule has 2 aromatic heterocycles. The lowest BCUT2D eigenvalue weighted by Gasteiger charge is -2.26. The zero-order chi connectivity index (χ0) is 36.3. The van der Waals surface area contributed by atoms with Crippen molar-refractivity contribution in [2.24, 2.45) is 0 Å². The molecule has 0 aliphatic carbocycles. The maximum atomic E-state index is 2.40. The molecule has 0 aliphatic heterocycles. The lowest BCUT2D eigenvalue weighted by atomic mass is 10.0. The highest BCUT2D eigenvalue weighted by molar-refractivity contribution is 7.25. The Morgan fingerprint density at radius 2 is 0.873 bits per heavy atom. The molecule has 0 fully saturated rings. The Kier molecular flexibility index (Phi) is 7.39. The fourth-order valence-corrected chi connectivity index (χ4v) is 9.37. The van der Waals surface area contributed by atoms with Crippen LogP contribution in [0.25, 0.3) is 80.7 Å². The predicted octanol–water partition coefficient (Wildman–Crippen LogP) is 15.1. The minimum atomic E-state index is 1.11. The van der Waals surface area contributed by atoms with Gasteiger partial charge in [0.15, 0.2) is 0 Å². The van der Waals surface area contributed by atoms with E-state index in [1.54, 1.807) is 0 Å². The number of aromatic nitrogens is 1. The van der Waals surface area contributed by atoms with E-state index < -0.39 is 0 Å². The smallest absolute Gasteiger partial charge is 0.0541 e. The zero-order valence-corrected chi connectivity index (χ0v) is 30.7. The molecule has 2 heterocycles. The maximum Gasteiger partial charge on any atom is 0.0541 e. The summed E-state index contributed by atoms with van der Waals surface area (Å²) in [7, 11) is 0. The SMILES string of the molecule is c1ccc(N(c2ccc(-c3ccc4sc5ccccc5c4c3)cc2)c2ccc(-c3ccc4c(c3)c3ccccc3n4-c3ccc4ccccc4c3)cc2)cc1. The van der Waals surface area contributed by atoms with Gasteiger partial charge in [-0.05, 0) is 118 Å². The van der Waals surface area contributed by atoms with Crippen LogP contribution >= 0.6 is 11.3 Å². The Hall–Kier alpha value is -6.94. The van der Waals surface area contributed by atoms with Crippen LogP contribution in [0.15, 0.2) is 206 Å². The van der Waals surface area contributed by atoms with Crippen LogP contribution in [0.4, 0.5) is 17.1 Å². The van der Waals surface area contributed by atoms with E-state index in [4.69, 9.17) is 0 Å². The summed E-state index contributed by atoms with van der Waals surface area (Å²) in [4.78, 5) is 2.34. The molecule has 0 spiro atoms. The predicted molar refractivity (Wildman–Crippen MR) is 237 cm³/mol. The van der Waals surface area contributed by atoms with Crippen molar-refractivity contribution in [3.8, 4) is 27.9 Å². The van der Waals surface area contributed by atoms with Gasteiger partial charge < -0.3 is 9.47 Å². The van der Waals surface area contributed by atoms with Gasteiger partial charge >= 0.3 is 0 Å². The van der Waals surface area contributed by atoms with Crippen molar-refractivity contribution in [1.29, 1.82) is 0 Å². The second-order valence-corrected chi connectivity index (χ2v) is 15.3. The van der Waals surface area contributed by atoms with Crippen LogP contribution in [-0.2, 0) is 0 Å². The van der Waals surface area contributed by atoms with Crippen molar-refractivity contribution in [1.82, 2.24) is 4.57 Å². The fourth-order valence-electron chi connectivity index (χ4n) is 8.28. The van der Waals surface area contributed by atoms with Gasteiger partial charge in [0.1, 0.15) is 0 Å². The first-order chi connectivity index (χ1) is 27.2. The number of thiophene rings is 1. The van der Waals surface area contributed by atoms with E-state index in [1.165, 1.54) is 80.7 Å². The molecule has 55 heavy (non-hydrogen) atoms. The first-order valence-corrected chi connectivity index (χ1v) is 19.6. The lowest BCUT2D eigenvalue weighted by Crippen LogP contribution is -2.09. The monoisotopic (exact) mass is 718 g/mol. The minimum absolute atomic E-state index is 1.11. The van der Waals surface area contributed by atoms with E-state index in [1.807, 2.05) is 11.3 Å². The van der Waals surface area contributed by atoms with Gasteiger partial charge in [0.05, 0.1) is 11.0 Å². The second-order valence-electron chi connectivity index (χ2n) is 14.2. The van der Waals surface area contributed by atoms with E-state index >= 15 is 0 Å². The molecule has 0 aliphatic rings. The van der Waals surface area contributed by atoms with Crippen LogP contribution in [0.1, 0.15) is 0 Å². The third-order valence-corrected chi connectivity index (χ3v) is 12.1. The van der Waals surface area contributed by atoms with Crippen molar-refractivity contribution in [2.75, 3.05) is 4.90 Å². The van der Waals surface area contributed by atoms with E-state index in [-0.39, 0.29) is 0 Å². The Labute approximate surface area is 323 Å². The first-order valence-electron chi connectivity index (χ1n) is 18.7. The summed E-state index contributed by atoms with van der Waals surface area (Å²) in [6.45, 7) is 0. The number of rotatable bonds is 6. The Morgan fingerprint density at radius 3 is 1.64 bits per heavy atom. The molecular weight excluding hydrogens is 685 g/mol. The van der Waals surface area contributed by atoms with Crippen LogP contribution in [0.5, 0.6) is 0 Å². The number of fused-ring (bicyclic) bond motifs is 7. The summed E-state index contributed by atoms with van der Waals surface area (Å²) in [5.74, 6) is 0. The molecule has 3 heteroatoms. The second kappa shape index (κ2) is 12.9. The fraction of sp³-hybridized carbons (Fsp3) is 0. The molecule has 11 aromatic rings. The molecule has 0 radical (unpaired) electrons. The van der Waals surface area contributed by atoms with Gasteiger partial charge in [-0.1, -0.05) is 121 Å². The van der Waals surface area contributed by atoms with Crippen LogP contribution in [0.3, 0.4) is 0 Å². The average Bonchev–Trinajstić information content (AvgIpc) is 3.80. The van der Waals surface area contributed by atoms with E-state index in [9.17, 15) is 0 Å². The van der Waals surface area contributed by atoms with E-state index in [0.29, 0.717) is 0 Å². The van der Waals surface area contributed by atoms with Crippen molar-refractivity contribution in [3.63, 3.8) is 0 Å². The Bertz CT molecular complexity index is 3190. The van der Waals surface area contributed by atoms with Gasteiger partial charge in [0.25, 0.3) is 0 Å². The van der Waals surface area contributed by atoms with Crippen LogP contribution in [0, 0.1) is 0 Å². The van der Waals surface area contributed by atoms with Gasteiger partial charge in [-0.2, -0.15) is 0 Å². The quantitative estimate of drug-likeness (QED) is 0.166. The van der Waals surface area contributed by atoms with Crippen molar-refractivity contribution < 1.29 is 0 Å². The molecule has 0 saturated heterocycles. The Balaban J connectivity index is 0.948. The third-order valence-electron chi connectivity index (χ3n) is 11.0. The molecular formula is C52H34N2S. The van der Waals surface area contributed by atoms with Crippen LogP contribution in [0.2, 0.25) is 0 Å². The summed E-state index contributed by atoms with van der Waals surface area (Å²) >= 11 is 1.86. The number of benzene rings is 9. The summed E-state index contributed by atoms with van der Waals surface area (Å²) in [6, 6.07) is 75.1. The third kappa shape index (κ3) is 5.40. The van der Waals surface area contributed by atoms with Crippen LogP contribution < -0.4 is 4.90 Å². The van der Waals surface area contributed by atoms with Crippen molar-refractivity contribution in [3.05, 3.63) is 206 Å². The maximum absolute atomic E-state index is 2.40. The summed E-state index contributed by atoms with van der Waals surface area (Å²) in [6.07, 6.45) is 0. The summed E-state index contributed by atoms with van der Waals surface area (Å²) in [5.41, 5.74) is 11.8. The summed E-state index contributed by atoms with van der Waals surface area (Å²) in [5, 5.41) is 7.65. The number of nitrogens with zero attached hydrogens (tertiary/aromatic N) is 2. The normalized spacial score (nSPS) is 11.6. The minimum Gasteiger partial charge on any atom is -0.311 e. The van der Waals surface area contributed by atoms with Crippen molar-refractivity contribution in [2.45, 2.75) is 0 Å². The van der Waals surface area contributed by atoms with Gasteiger partial charge in [0, 0.05) is 53.7 Å².